The Hall–Kier alpha value is -0.610. The fourth-order valence-electron chi connectivity index (χ4n) is 1.37. The van der Waals surface area contributed by atoms with E-state index in [1.165, 1.54) is 25.7 Å². The Labute approximate surface area is 92.2 Å². The molecule has 0 aliphatic carbocycles. The molecule has 90 valence electrons. The van der Waals surface area contributed by atoms with Crippen molar-refractivity contribution in [2.45, 2.75) is 51.5 Å². The van der Waals surface area contributed by atoms with E-state index in [2.05, 4.69) is 12.2 Å². The molecule has 0 spiro atoms. The van der Waals surface area contributed by atoms with Gasteiger partial charge in [0, 0.05) is 0 Å². The monoisotopic (exact) mass is 216 g/mol. The van der Waals surface area contributed by atoms with Gasteiger partial charge in [0.15, 0.2) is 0 Å². The fraction of sp³-hybridized carbons (Fsp3) is 0.909. The molecule has 1 atom stereocenters. The molecule has 4 nitrogen and oxygen atoms in total. The van der Waals surface area contributed by atoms with Crippen LogP contribution in [-0.4, -0.2) is 30.2 Å². The Balaban J connectivity index is 3.08. The summed E-state index contributed by atoms with van der Waals surface area (Å²) in [6.07, 6.45) is 6.43. The van der Waals surface area contributed by atoms with Crippen LogP contribution in [0.5, 0.6) is 0 Å². The van der Waals surface area contributed by atoms with Crippen molar-refractivity contribution >= 4 is 5.97 Å². The van der Waals surface area contributed by atoms with Crippen molar-refractivity contribution in [1.82, 2.24) is 5.32 Å². The number of nitrogens with one attached hydrogen (secondary N) is 1. The van der Waals surface area contributed by atoms with Crippen LogP contribution < -0.4 is 11.1 Å². The molecule has 0 heterocycles. The van der Waals surface area contributed by atoms with Crippen LogP contribution in [-0.2, 0) is 4.79 Å². The summed E-state index contributed by atoms with van der Waals surface area (Å²) >= 11 is 0. The van der Waals surface area contributed by atoms with Crippen molar-refractivity contribution in [3.63, 3.8) is 0 Å². The molecule has 0 unspecified atom stereocenters. The summed E-state index contributed by atoms with van der Waals surface area (Å²) in [4.78, 5) is 10.4. The molecular formula is C11H24N2O2. The summed E-state index contributed by atoms with van der Waals surface area (Å²) in [7, 11) is 0. The van der Waals surface area contributed by atoms with Gasteiger partial charge in [-0.3, -0.25) is 4.79 Å². The third kappa shape index (κ3) is 9.69. The number of carboxylic acid groups (broad SMARTS) is 1. The Kier molecular flexibility index (Phi) is 9.52. The van der Waals surface area contributed by atoms with Gasteiger partial charge in [0.2, 0.25) is 0 Å². The van der Waals surface area contributed by atoms with Gasteiger partial charge in [0.1, 0.15) is 6.04 Å². The van der Waals surface area contributed by atoms with Crippen molar-refractivity contribution in [3.8, 4) is 0 Å². The van der Waals surface area contributed by atoms with E-state index in [0.717, 1.165) is 19.5 Å². The van der Waals surface area contributed by atoms with Crippen LogP contribution in [0.3, 0.4) is 0 Å². The molecule has 15 heavy (non-hydrogen) atoms. The van der Waals surface area contributed by atoms with Gasteiger partial charge in [-0.15, -0.1) is 0 Å². The van der Waals surface area contributed by atoms with Crippen LogP contribution in [0, 0.1) is 0 Å². The van der Waals surface area contributed by atoms with Gasteiger partial charge in [-0.05, 0) is 32.4 Å². The maximum absolute atomic E-state index is 10.4. The lowest BCUT2D eigenvalue weighted by Gasteiger charge is -2.07. The fourth-order valence-corrected chi connectivity index (χ4v) is 1.37. The van der Waals surface area contributed by atoms with Crippen molar-refractivity contribution in [2.24, 2.45) is 5.73 Å². The van der Waals surface area contributed by atoms with E-state index in [0.29, 0.717) is 6.42 Å². The van der Waals surface area contributed by atoms with Crippen LogP contribution in [0.1, 0.15) is 45.4 Å². The highest BCUT2D eigenvalue weighted by molar-refractivity contribution is 5.72. The summed E-state index contributed by atoms with van der Waals surface area (Å²) in [5.41, 5.74) is 5.37. The third-order valence-corrected chi connectivity index (χ3v) is 2.39. The number of nitrogens with two attached hydrogens (primary N) is 1. The lowest BCUT2D eigenvalue weighted by Crippen LogP contribution is -2.31. The summed E-state index contributed by atoms with van der Waals surface area (Å²) < 4.78 is 0. The van der Waals surface area contributed by atoms with E-state index in [-0.39, 0.29) is 0 Å². The molecule has 0 saturated carbocycles. The summed E-state index contributed by atoms with van der Waals surface area (Å²) in [5, 5.41) is 11.8. The predicted molar refractivity (Wildman–Crippen MR) is 61.9 cm³/mol. The number of rotatable bonds is 10. The number of hydrogen-bond acceptors (Lipinski definition) is 3. The second kappa shape index (κ2) is 9.93. The zero-order valence-corrected chi connectivity index (χ0v) is 9.67. The molecule has 0 aliphatic rings. The highest BCUT2D eigenvalue weighted by Crippen LogP contribution is 1.97. The second-order valence-electron chi connectivity index (χ2n) is 3.90. The van der Waals surface area contributed by atoms with E-state index in [1.807, 2.05) is 0 Å². The first-order chi connectivity index (χ1) is 7.18. The Bertz CT molecular complexity index is 163. The molecule has 0 radical (unpaired) electrons. The Morgan fingerprint density at radius 3 is 2.53 bits per heavy atom. The number of carboxylic acids is 1. The summed E-state index contributed by atoms with van der Waals surface area (Å²) in [6.45, 7) is 4.09. The molecule has 0 saturated heterocycles. The molecular weight excluding hydrogens is 192 g/mol. The van der Waals surface area contributed by atoms with Crippen LogP contribution in [0.15, 0.2) is 0 Å². The van der Waals surface area contributed by atoms with Crippen molar-refractivity contribution in [1.29, 1.82) is 0 Å². The van der Waals surface area contributed by atoms with Gasteiger partial charge in [-0.1, -0.05) is 26.2 Å². The zero-order valence-electron chi connectivity index (χ0n) is 9.67. The molecule has 0 fully saturated rings. The van der Waals surface area contributed by atoms with Crippen LogP contribution in [0.4, 0.5) is 0 Å². The molecule has 0 aromatic rings. The molecule has 0 aromatic heterocycles. The highest BCUT2D eigenvalue weighted by atomic mass is 16.4. The van der Waals surface area contributed by atoms with Crippen LogP contribution in [0.25, 0.3) is 0 Å². The average Bonchev–Trinajstić information content (AvgIpc) is 2.21. The Morgan fingerprint density at radius 2 is 1.93 bits per heavy atom. The smallest absolute Gasteiger partial charge is 0.320 e. The lowest BCUT2D eigenvalue weighted by atomic mass is 10.1. The van der Waals surface area contributed by atoms with Gasteiger partial charge in [-0.25, -0.2) is 0 Å². The molecule has 0 aromatic carbocycles. The summed E-state index contributed by atoms with van der Waals surface area (Å²) in [5.74, 6) is -0.905. The number of aliphatic carboxylic acids is 1. The number of carbonyl (C=O) groups is 1. The van der Waals surface area contributed by atoms with Gasteiger partial charge in [0.25, 0.3) is 0 Å². The highest BCUT2D eigenvalue weighted by Gasteiger charge is 2.09. The number of unbranched alkanes of at least 4 members (excludes halogenated alkanes) is 3. The SMILES string of the molecule is CCCCCCNCCC[C@H](N)C(=O)O. The van der Waals surface area contributed by atoms with Crippen molar-refractivity contribution in [2.75, 3.05) is 13.1 Å². The molecule has 0 rings (SSSR count). The maximum Gasteiger partial charge on any atom is 0.320 e. The second-order valence-corrected chi connectivity index (χ2v) is 3.90. The quantitative estimate of drug-likeness (QED) is 0.482. The van der Waals surface area contributed by atoms with E-state index in [1.54, 1.807) is 0 Å². The van der Waals surface area contributed by atoms with Crippen molar-refractivity contribution < 1.29 is 9.90 Å². The first-order valence-corrected chi connectivity index (χ1v) is 5.87. The largest absolute Gasteiger partial charge is 0.480 e. The van der Waals surface area contributed by atoms with Gasteiger partial charge < -0.3 is 16.2 Å². The topological polar surface area (TPSA) is 75.3 Å². The molecule has 4 heteroatoms. The normalized spacial score (nSPS) is 12.7. The first kappa shape index (κ1) is 14.4. The van der Waals surface area contributed by atoms with Crippen LogP contribution in [0.2, 0.25) is 0 Å². The molecule has 0 bridgehead atoms. The lowest BCUT2D eigenvalue weighted by molar-refractivity contribution is -0.138. The first-order valence-electron chi connectivity index (χ1n) is 5.87. The van der Waals surface area contributed by atoms with Crippen LogP contribution >= 0.6 is 0 Å². The minimum absolute atomic E-state index is 0.553. The Morgan fingerprint density at radius 1 is 1.27 bits per heavy atom. The molecule has 0 amide bonds. The average molecular weight is 216 g/mol. The van der Waals surface area contributed by atoms with Crippen molar-refractivity contribution in [3.05, 3.63) is 0 Å². The summed E-state index contributed by atoms with van der Waals surface area (Å²) in [6, 6.07) is -0.702. The molecule has 0 aliphatic heterocycles. The minimum atomic E-state index is -0.905. The number of hydrogen-bond donors (Lipinski definition) is 3. The predicted octanol–water partition coefficient (Wildman–Crippen LogP) is 1.35. The van der Waals surface area contributed by atoms with Gasteiger partial charge in [-0.2, -0.15) is 0 Å². The third-order valence-electron chi connectivity index (χ3n) is 2.39. The van der Waals surface area contributed by atoms with E-state index < -0.39 is 12.0 Å². The van der Waals surface area contributed by atoms with Gasteiger partial charge in [0.05, 0.1) is 0 Å². The maximum atomic E-state index is 10.4. The van der Waals surface area contributed by atoms with E-state index in [4.69, 9.17) is 10.8 Å². The zero-order chi connectivity index (χ0) is 11.5. The molecule has 4 N–H and O–H groups in total. The minimum Gasteiger partial charge on any atom is -0.480 e. The van der Waals surface area contributed by atoms with E-state index in [9.17, 15) is 4.79 Å². The van der Waals surface area contributed by atoms with E-state index >= 15 is 0 Å². The standard InChI is InChI=1S/C11H24N2O2/c1-2-3-4-5-8-13-9-6-7-10(12)11(14)15/h10,13H,2-9,12H2,1H3,(H,14,15)/t10-/m0/s1. The van der Waals surface area contributed by atoms with Gasteiger partial charge >= 0.3 is 5.97 Å².